The van der Waals surface area contributed by atoms with E-state index in [4.69, 9.17) is 0 Å². The second-order valence-electron chi connectivity index (χ2n) is 6.59. The van der Waals surface area contributed by atoms with Crippen LogP contribution < -0.4 is 5.32 Å². The lowest BCUT2D eigenvalue weighted by Gasteiger charge is -2.26. The quantitative estimate of drug-likeness (QED) is 0.621. The van der Waals surface area contributed by atoms with E-state index in [1.807, 2.05) is 57.2 Å². The third-order valence-corrected chi connectivity index (χ3v) is 5.68. The molecule has 3 rings (SSSR count). The lowest BCUT2D eigenvalue weighted by molar-refractivity contribution is -0.131. The highest BCUT2D eigenvalue weighted by molar-refractivity contribution is 7.12. The average Bonchev–Trinajstić information content (AvgIpc) is 3.07. The maximum atomic E-state index is 13.2. The first kappa shape index (κ1) is 18.3. The monoisotopic (exact) mass is 370 g/mol. The van der Waals surface area contributed by atoms with E-state index >= 15 is 0 Å². The van der Waals surface area contributed by atoms with Gasteiger partial charge < -0.3 is 5.32 Å². The SMILES string of the molecule is CCC[C@]1(c2ccccc2)NC(=O)N(CC(=O)c2cc(C)sc2C)C1=O. The largest absolute Gasteiger partial charge is 0.325 e. The van der Waals surface area contributed by atoms with Crippen molar-refractivity contribution in [1.82, 2.24) is 10.2 Å². The fraction of sp³-hybridized carbons (Fsp3) is 0.350. The number of nitrogens with one attached hydrogen (secondary N) is 1. The van der Waals surface area contributed by atoms with Gasteiger partial charge in [-0.2, -0.15) is 0 Å². The minimum Gasteiger partial charge on any atom is -0.319 e. The van der Waals surface area contributed by atoms with Crippen molar-refractivity contribution in [2.45, 2.75) is 39.2 Å². The Kier molecular flexibility index (Phi) is 4.96. The lowest BCUT2D eigenvalue weighted by Crippen LogP contribution is -2.44. The van der Waals surface area contributed by atoms with Gasteiger partial charge in [-0.3, -0.25) is 14.5 Å². The Labute approximate surface area is 157 Å². The number of carbonyl (C=O) groups is 3. The summed E-state index contributed by atoms with van der Waals surface area (Å²) in [6.45, 7) is 5.54. The Bertz CT molecular complexity index is 859. The number of carbonyl (C=O) groups excluding carboxylic acids is 3. The molecule has 2 aromatic rings. The number of ketones is 1. The maximum absolute atomic E-state index is 13.2. The molecule has 5 nitrogen and oxygen atoms in total. The van der Waals surface area contributed by atoms with Crippen LogP contribution in [-0.2, 0) is 10.3 Å². The third-order valence-electron chi connectivity index (χ3n) is 4.71. The van der Waals surface area contributed by atoms with Crippen LogP contribution >= 0.6 is 11.3 Å². The predicted octanol–water partition coefficient (Wildman–Crippen LogP) is 3.80. The molecule has 1 aromatic heterocycles. The summed E-state index contributed by atoms with van der Waals surface area (Å²) in [5.41, 5.74) is 0.242. The van der Waals surface area contributed by atoms with E-state index in [1.165, 1.54) is 11.3 Å². The number of hydrogen-bond donors (Lipinski definition) is 1. The summed E-state index contributed by atoms with van der Waals surface area (Å²) in [4.78, 5) is 41.4. The molecule has 0 aliphatic carbocycles. The number of imide groups is 1. The van der Waals surface area contributed by atoms with Gasteiger partial charge in [-0.15, -0.1) is 11.3 Å². The van der Waals surface area contributed by atoms with Crippen LogP contribution in [0.15, 0.2) is 36.4 Å². The number of nitrogens with zero attached hydrogens (tertiary/aromatic N) is 1. The molecule has 1 aromatic carbocycles. The normalized spacial score (nSPS) is 19.7. The molecule has 1 fully saturated rings. The number of rotatable bonds is 6. The van der Waals surface area contributed by atoms with Crippen molar-refractivity contribution < 1.29 is 14.4 Å². The van der Waals surface area contributed by atoms with Gasteiger partial charge in [0.15, 0.2) is 5.78 Å². The molecule has 1 aliphatic heterocycles. The smallest absolute Gasteiger partial charge is 0.319 e. The van der Waals surface area contributed by atoms with Crippen molar-refractivity contribution in [2.75, 3.05) is 6.54 Å². The van der Waals surface area contributed by atoms with Crippen LogP contribution in [0.3, 0.4) is 0 Å². The first-order valence-electron chi connectivity index (χ1n) is 8.69. The van der Waals surface area contributed by atoms with E-state index in [2.05, 4.69) is 5.32 Å². The summed E-state index contributed by atoms with van der Waals surface area (Å²) in [5.74, 6) is -0.566. The van der Waals surface area contributed by atoms with E-state index in [9.17, 15) is 14.4 Å². The summed E-state index contributed by atoms with van der Waals surface area (Å²) in [7, 11) is 0. The number of urea groups is 1. The summed E-state index contributed by atoms with van der Waals surface area (Å²) in [5, 5.41) is 2.85. The molecule has 1 atom stereocenters. The lowest BCUT2D eigenvalue weighted by atomic mass is 9.85. The van der Waals surface area contributed by atoms with E-state index < -0.39 is 11.6 Å². The number of Topliss-reactive ketones (excluding diaryl/α,β-unsaturated/α-hetero) is 1. The molecule has 0 unspecified atom stereocenters. The Morgan fingerprint density at radius 3 is 2.46 bits per heavy atom. The minimum absolute atomic E-state index is 0.212. The molecule has 3 amide bonds. The van der Waals surface area contributed by atoms with Crippen molar-refractivity contribution in [2.24, 2.45) is 0 Å². The van der Waals surface area contributed by atoms with E-state index in [0.717, 1.165) is 26.6 Å². The Hall–Kier alpha value is -2.47. The first-order valence-corrected chi connectivity index (χ1v) is 9.50. The summed E-state index contributed by atoms with van der Waals surface area (Å²) >= 11 is 1.54. The number of amides is 3. The van der Waals surface area contributed by atoms with E-state index in [-0.39, 0.29) is 18.2 Å². The van der Waals surface area contributed by atoms with E-state index in [1.54, 1.807) is 0 Å². The molecule has 2 heterocycles. The highest BCUT2D eigenvalue weighted by atomic mass is 32.1. The summed E-state index contributed by atoms with van der Waals surface area (Å²) < 4.78 is 0. The first-order chi connectivity index (χ1) is 12.4. The highest BCUT2D eigenvalue weighted by Gasteiger charge is 2.52. The Morgan fingerprint density at radius 1 is 1.19 bits per heavy atom. The fourth-order valence-corrected chi connectivity index (χ4v) is 4.46. The summed E-state index contributed by atoms with van der Waals surface area (Å²) in [6, 6.07) is 10.5. The predicted molar refractivity (Wildman–Crippen MR) is 101 cm³/mol. The molecule has 0 bridgehead atoms. The molecule has 1 N–H and O–H groups in total. The molecule has 0 saturated carbocycles. The van der Waals surface area contributed by atoms with Gasteiger partial charge in [0.2, 0.25) is 0 Å². The second kappa shape index (κ2) is 7.03. The van der Waals surface area contributed by atoms with Gasteiger partial charge in [0.25, 0.3) is 5.91 Å². The minimum atomic E-state index is -1.09. The number of aryl methyl sites for hydroxylation is 2. The van der Waals surface area contributed by atoms with Crippen LogP contribution in [-0.4, -0.2) is 29.2 Å². The van der Waals surface area contributed by atoms with Crippen molar-refractivity contribution in [3.63, 3.8) is 0 Å². The molecule has 1 aliphatic rings. The van der Waals surface area contributed by atoms with Crippen LogP contribution in [0.25, 0.3) is 0 Å². The topological polar surface area (TPSA) is 66.5 Å². The zero-order valence-electron chi connectivity index (χ0n) is 15.2. The van der Waals surface area contributed by atoms with Gasteiger partial charge >= 0.3 is 6.03 Å². The zero-order chi connectivity index (χ0) is 18.9. The standard InChI is InChI=1S/C20H22N2O3S/c1-4-10-20(15-8-6-5-7-9-15)18(24)22(19(25)21-20)12-17(23)16-11-13(2)26-14(16)3/h5-9,11H,4,10,12H2,1-3H3,(H,21,25)/t20-/m1/s1. The average molecular weight is 370 g/mol. The third kappa shape index (κ3) is 3.05. The van der Waals surface area contributed by atoms with Crippen molar-refractivity contribution in [3.05, 3.63) is 57.3 Å². The number of benzene rings is 1. The van der Waals surface area contributed by atoms with Crippen molar-refractivity contribution >= 4 is 29.1 Å². The molecule has 136 valence electrons. The van der Waals surface area contributed by atoms with Gasteiger partial charge in [0.1, 0.15) is 5.54 Å². The second-order valence-corrected chi connectivity index (χ2v) is 8.05. The van der Waals surface area contributed by atoms with Crippen molar-refractivity contribution in [3.8, 4) is 0 Å². The molecule has 0 radical (unpaired) electrons. The van der Waals surface area contributed by atoms with Gasteiger partial charge in [0.05, 0.1) is 6.54 Å². The Balaban J connectivity index is 1.90. The molecular formula is C20H22N2O3S. The van der Waals surface area contributed by atoms with Gasteiger partial charge in [0, 0.05) is 15.3 Å². The maximum Gasteiger partial charge on any atom is 0.325 e. The van der Waals surface area contributed by atoms with Gasteiger partial charge in [-0.1, -0.05) is 43.7 Å². The molecule has 26 heavy (non-hydrogen) atoms. The zero-order valence-corrected chi connectivity index (χ0v) is 16.0. The van der Waals surface area contributed by atoms with Crippen LogP contribution in [0.1, 0.15) is 45.4 Å². The highest BCUT2D eigenvalue weighted by Crippen LogP contribution is 2.34. The van der Waals surface area contributed by atoms with Crippen LogP contribution in [0, 0.1) is 13.8 Å². The molecular weight excluding hydrogens is 348 g/mol. The van der Waals surface area contributed by atoms with Crippen LogP contribution in [0.4, 0.5) is 4.79 Å². The van der Waals surface area contributed by atoms with Crippen molar-refractivity contribution in [1.29, 1.82) is 0 Å². The summed E-state index contributed by atoms with van der Waals surface area (Å²) in [6.07, 6.45) is 1.22. The molecule has 1 saturated heterocycles. The molecule has 6 heteroatoms. The van der Waals surface area contributed by atoms with Gasteiger partial charge in [-0.05, 0) is 31.9 Å². The van der Waals surface area contributed by atoms with Crippen LogP contribution in [0.2, 0.25) is 0 Å². The Morgan fingerprint density at radius 2 is 1.88 bits per heavy atom. The number of thiophene rings is 1. The molecule has 0 spiro atoms. The van der Waals surface area contributed by atoms with Crippen LogP contribution in [0.5, 0.6) is 0 Å². The van der Waals surface area contributed by atoms with Gasteiger partial charge in [-0.25, -0.2) is 4.79 Å². The number of hydrogen-bond acceptors (Lipinski definition) is 4. The fourth-order valence-electron chi connectivity index (χ4n) is 3.51. The van der Waals surface area contributed by atoms with E-state index in [0.29, 0.717) is 12.0 Å².